The van der Waals surface area contributed by atoms with Gasteiger partial charge < -0.3 is 15.7 Å². The summed E-state index contributed by atoms with van der Waals surface area (Å²) in [5.41, 5.74) is 7.14. The zero-order valence-electron chi connectivity index (χ0n) is 13.1. The molecule has 1 aromatic rings. The van der Waals surface area contributed by atoms with E-state index in [-0.39, 0.29) is 0 Å². The molecular formula is C14H21N5O3. The lowest BCUT2D eigenvalue weighted by atomic mass is 10.2. The first-order chi connectivity index (χ1) is 10.3. The molecule has 0 saturated heterocycles. The Kier molecular flexibility index (Phi) is 9.41. The van der Waals surface area contributed by atoms with Gasteiger partial charge in [0.05, 0.1) is 17.6 Å². The molecule has 0 aliphatic carbocycles. The molecule has 0 fully saturated rings. The van der Waals surface area contributed by atoms with E-state index < -0.39 is 5.97 Å². The van der Waals surface area contributed by atoms with Gasteiger partial charge in [0, 0.05) is 27.2 Å². The van der Waals surface area contributed by atoms with Crippen molar-refractivity contribution in [1.82, 2.24) is 0 Å². The monoisotopic (exact) mass is 307 g/mol. The second-order valence-corrected chi connectivity index (χ2v) is 4.25. The van der Waals surface area contributed by atoms with Gasteiger partial charge >= 0.3 is 0 Å². The summed E-state index contributed by atoms with van der Waals surface area (Å²) in [6.45, 7) is 2.69. The summed E-state index contributed by atoms with van der Waals surface area (Å²) in [5, 5.41) is 14.4. The predicted molar refractivity (Wildman–Crippen MR) is 89.1 cm³/mol. The largest absolute Gasteiger partial charge is 0.481 e. The van der Waals surface area contributed by atoms with E-state index in [1.165, 1.54) is 12.4 Å². The maximum absolute atomic E-state index is 9.00. The van der Waals surface area contributed by atoms with Crippen LogP contribution in [0.25, 0.3) is 0 Å². The summed E-state index contributed by atoms with van der Waals surface area (Å²) in [6, 6.07) is 7.80. The molecule has 1 rings (SSSR count). The molecule has 0 atom stereocenters. The first-order valence-corrected chi connectivity index (χ1v) is 6.32. The first-order valence-electron chi connectivity index (χ1n) is 6.32. The van der Waals surface area contributed by atoms with Gasteiger partial charge in [0.1, 0.15) is 5.84 Å². The van der Waals surface area contributed by atoms with Crippen LogP contribution >= 0.6 is 0 Å². The van der Waals surface area contributed by atoms with Gasteiger partial charge in [-0.1, -0.05) is 17.3 Å². The normalized spacial score (nSPS) is 11.2. The van der Waals surface area contributed by atoms with Gasteiger partial charge in [-0.2, -0.15) is 0 Å². The van der Waals surface area contributed by atoms with Crippen LogP contribution in [0.4, 0.5) is 11.4 Å². The van der Waals surface area contributed by atoms with E-state index in [0.717, 1.165) is 18.3 Å². The Morgan fingerprint density at radius 1 is 1.27 bits per heavy atom. The topological polar surface area (TPSA) is 113 Å². The predicted octanol–water partition coefficient (Wildman–Crippen LogP) is 1.84. The van der Waals surface area contributed by atoms with Crippen LogP contribution in [0.3, 0.4) is 0 Å². The summed E-state index contributed by atoms with van der Waals surface area (Å²) >= 11 is 0. The highest BCUT2D eigenvalue weighted by Crippen LogP contribution is 2.25. The van der Waals surface area contributed by atoms with E-state index in [0.29, 0.717) is 5.84 Å². The van der Waals surface area contributed by atoms with Gasteiger partial charge in [0.25, 0.3) is 5.97 Å². The minimum absolute atomic E-state index is 0.307. The number of carboxylic acids is 1. The fourth-order valence-electron chi connectivity index (χ4n) is 1.21. The molecule has 0 radical (unpaired) electrons. The summed E-state index contributed by atoms with van der Waals surface area (Å²) < 4.78 is 0. The zero-order chi connectivity index (χ0) is 17.0. The minimum Gasteiger partial charge on any atom is -0.481 e. The lowest BCUT2D eigenvalue weighted by molar-refractivity contribution is -0.134. The number of rotatable bonds is 5. The van der Waals surface area contributed by atoms with Crippen LogP contribution in [0.5, 0.6) is 0 Å². The number of nitrogens with two attached hydrogens (primary N) is 1. The van der Waals surface area contributed by atoms with Crippen molar-refractivity contribution in [3.05, 3.63) is 24.3 Å². The Balaban J connectivity index is 0.000000980. The van der Waals surface area contributed by atoms with Crippen molar-refractivity contribution in [3.8, 4) is 0 Å². The van der Waals surface area contributed by atoms with Gasteiger partial charge in [0.2, 0.25) is 0 Å². The van der Waals surface area contributed by atoms with Crippen molar-refractivity contribution in [1.29, 1.82) is 0 Å². The lowest BCUT2D eigenvalue weighted by Gasteiger charge is -2.14. The molecule has 8 heteroatoms. The molecule has 0 aromatic heterocycles. The Morgan fingerprint density at radius 2 is 1.86 bits per heavy atom. The standard InChI is InChI=1S/C12H17N5O.C2H4O2/c1-10(13)16-18-15-9-8-14-11-6-4-5-7-12(11)17(2)3;1-2(3)4/h4-9H,1-3H3,(H2,13,16);1H3,(H,3,4)/b14-8?,15-9+;. The fourth-order valence-corrected chi connectivity index (χ4v) is 1.21. The number of anilines is 1. The third-order valence-electron chi connectivity index (χ3n) is 1.94. The quantitative estimate of drug-likeness (QED) is 0.489. The van der Waals surface area contributed by atoms with Crippen LogP contribution < -0.4 is 10.6 Å². The van der Waals surface area contributed by atoms with Gasteiger partial charge in [0.15, 0.2) is 0 Å². The number of aliphatic carboxylic acids is 1. The molecule has 0 aliphatic rings. The van der Waals surface area contributed by atoms with E-state index in [2.05, 4.69) is 20.2 Å². The molecule has 0 spiro atoms. The van der Waals surface area contributed by atoms with E-state index in [4.69, 9.17) is 15.6 Å². The third-order valence-corrected chi connectivity index (χ3v) is 1.94. The van der Waals surface area contributed by atoms with E-state index in [1.807, 2.05) is 43.3 Å². The highest BCUT2D eigenvalue weighted by Gasteiger charge is 1.99. The maximum Gasteiger partial charge on any atom is 0.300 e. The van der Waals surface area contributed by atoms with E-state index in [1.54, 1.807) is 6.92 Å². The Morgan fingerprint density at radius 3 is 2.41 bits per heavy atom. The fraction of sp³-hybridized carbons (Fsp3) is 0.286. The zero-order valence-corrected chi connectivity index (χ0v) is 13.1. The average molecular weight is 307 g/mol. The Bertz CT molecular complexity index is 545. The summed E-state index contributed by atoms with van der Waals surface area (Å²) in [7, 11) is 3.93. The van der Waals surface area contributed by atoms with E-state index >= 15 is 0 Å². The Hall–Kier alpha value is -2.90. The van der Waals surface area contributed by atoms with Crippen LogP contribution in [0.1, 0.15) is 13.8 Å². The van der Waals surface area contributed by atoms with Crippen molar-refractivity contribution >= 4 is 35.6 Å². The number of amidine groups is 1. The van der Waals surface area contributed by atoms with Crippen LogP contribution in [-0.2, 0) is 9.73 Å². The molecule has 0 aliphatic heterocycles. The SMILES string of the molecule is C/C(N)=N\O/N=C/C=Nc1ccccc1N(C)C.CC(=O)O. The third kappa shape index (κ3) is 9.96. The number of hydrogen-bond acceptors (Lipinski definition) is 6. The average Bonchev–Trinajstić information content (AvgIpc) is 2.42. The summed E-state index contributed by atoms with van der Waals surface area (Å²) in [5.74, 6) is -0.526. The minimum atomic E-state index is -0.833. The summed E-state index contributed by atoms with van der Waals surface area (Å²) in [4.78, 5) is 19.8. The smallest absolute Gasteiger partial charge is 0.300 e. The number of oxime groups is 2. The van der Waals surface area contributed by atoms with Crippen LogP contribution in [0.15, 0.2) is 39.6 Å². The first kappa shape index (κ1) is 19.1. The van der Waals surface area contributed by atoms with Crippen molar-refractivity contribution in [2.24, 2.45) is 21.0 Å². The maximum atomic E-state index is 9.00. The molecule has 22 heavy (non-hydrogen) atoms. The van der Waals surface area contributed by atoms with Crippen molar-refractivity contribution in [3.63, 3.8) is 0 Å². The highest BCUT2D eigenvalue weighted by molar-refractivity contribution is 6.16. The summed E-state index contributed by atoms with van der Waals surface area (Å²) in [6.07, 6.45) is 2.93. The molecule has 120 valence electrons. The number of aliphatic imine (C=N–C) groups is 1. The van der Waals surface area contributed by atoms with Gasteiger partial charge in [-0.3, -0.25) is 9.79 Å². The van der Waals surface area contributed by atoms with Gasteiger partial charge in [-0.25, -0.2) is 4.94 Å². The second kappa shape index (κ2) is 10.8. The lowest BCUT2D eigenvalue weighted by Crippen LogP contribution is -2.08. The number of carboxylic acid groups (broad SMARTS) is 1. The molecule has 8 nitrogen and oxygen atoms in total. The van der Waals surface area contributed by atoms with Gasteiger partial charge in [-0.05, 0) is 24.2 Å². The Labute approximate surface area is 129 Å². The number of para-hydroxylation sites is 2. The molecule has 0 heterocycles. The molecular weight excluding hydrogens is 286 g/mol. The highest BCUT2D eigenvalue weighted by atomic mass is 16.8. The van der Waals surface area contributed by atoms with Crippen molar-refractivity contribution < 1.29 is 14.8 Å². The second-order valence-electron chi connectivity index (χ2n) is 4.25. The molecule has 1 aromatic carbocycles. The molecule has 3 N–H and O–H groups in total. The van der Waals surface area contributed by atoms with Crippen molar-refractivity contribution in [2.45, 2.75) is 13.8 Å². The number of nitrogens with zero attached hydrogens (tertiary/aromatic N) is 4. The van der Waals surface area contributed by atoms with Crippen LogP contribution in [0.2, 0.25) is 0 Å². The molecule has 0 unspecified atom stereocenters. The van der Waals surface area contributed by atoms with Gasteiger partial charge in [-0.15, -0.1) is 0 Å². The molecule has 0 amide bonds. The number of carbonyl (C=O) groups is 1. The molecule has 0 bridgehead atoms. The van der Waals surface area contributed by atoms with Crippen LogP contribution in [-0.4, -0.2) is 43.4 Å². The van der Waals surface area contributed by atoms with Crippen molar-refractivity contribution in [2.75, 3.05) is 19.0 Å². The molecule has 0 saturated carbocycles. The van der Waals surface area contributed by atoms with E-state index in [9.17, 15) is 0 Å². The number of hydrogen-bond donors (Lipinski definition) is 2. The number of benzene rings is 1. The van der Waals surface area contributed by atoms with Crippen LogP contribution in [0, 0.1) is 0 Å².